The molecular weight excluding hydrogens is 316 g/mol. The van der Waals surface area contributed by atoms with Gasteiger partial charge >= 0.3 is 6.09 Å². The van der Waals surface area contributed by atoms with Gasteiger partial charge in [-0.1, -0.05) is 0 Å². The SMILES string of the molecule is CC(C)(C)N(C(=O)O)C12CC3CC(CC(Nc4ncccn4)(C3)C1)C2. The molecule has 1 aromatic heterocycles. The molecule has 2 unspecified atom stereocenters. The lowest BCUT2D eigenvalue weighted by atomic mass is 9.49. The molecule has 4 fully saturated rings. The Morgan fingerprint density at radius 2 is 1.80 bits per heavy atom. The zero-order chi connectivity index (χ0) is 17.9. The van der Waals surface area contributed by atoms with Gasteiger partial charge in [0.15, 0.2) is 0 Å². The minimum absolute atomic E-state index is 0.0790. The van der Waals surface area contributed by atoms with E-state index >= 15 is 0 Å². The first-order valence-corrected chi connectivity index (χ1v) is 9.30. The van der Waals surface area contributed by atoms with Gasteiger partial charge in [-0.25, -0.2) is 14.8 Å². The van der Waals surface area contributed by atoms with Crippen LogP contribution in [0.25, 0.3) is 0 Å². The maximum atomic E-state index is 12.2. The summed E-state index contributed by atoms with van der Waals surface area (Å²) in [5.41, 5.74) is -0.748. The van der Waals surface area contributed by atoms with Gasteiger partial charge in [0.1, 0.15) is 0 Å². The van der Waals surface area contributed by atoms with Crippen molar-refractivity contribution in [2.45, 2.75) is 75.9 Å². The lowest BCUT2D eigenvalue weighted by Crippen LogP contribution is -2.71. The molecule has 0 spiro atoms. The first-order chi connectivity index (χ1) is 11.7. The Bertz CT molecular complexity index is 656. The zero-order valence-electron chi connectivity index (χ0n) is 15.3. The molecule has 0 saturated heterocycles. The lowest BCUT2D eigenvalue weighted by Gasteiger charge is -2.66. The molecule has 25 heavy (non-hydrogen) atoms. The van der Waals surface area contributed by atoms with E-state index in [4.69, 9.17) is 0 Å². The third kappa shape index (κ3) is 2.75. The minimum atomic E-state index is -0.791. The van der Waals surface area contributed by atoms with Gasteiger partial charge in [0.25, 0.3) is 0 Å². The predicted molar refractivity (Wildman–Crippen MR) is 95.4 cm³/mol. The van der Waals surface area contributed by atoms with Crippen molar-refractivity contribution in [3.63, 3.8) is 0 Å². The van der Waals surface area contributed by atoms with Gasteiger partial charge in [-0.3, -0.25) is 4.90 Å². The molecule has 2 N–H and O–H groups in total. The van der Waals surface area contributed by atoms with Crippen LogP contribution < -0.4 is 5.32 Å². The highest BCUT2D eigenvalue weighted by Crippen LogP contribution is 2.61. The van der Waals surface area contributed by atoms with Gasteiger partial charge in [0.2, 0.25) is 5.95 Å². The van der Waals surface area contributed by atoms with Crippen molar-refractivity contribution in [1.82, 2.24) is 14.9 Å². The molecule has 6 nitrogen and oxygen atoms in total. The largest absolute Gasteiger partial charge is 0.465 e. The molecular formula is C19H28N4O2. The maximum absolute atomic E-state index is 12.2. The Morgan fingerprint density at radius 1 is 1.20 bits per heavy atom. The number of nitrogens with one attached hydrogen (secondary N) is 1. The van der Waals surface area contributed by atoms with E-state index in [2.05, 4.69) is 15.3 Å². The normalized spacial score (nSPS) is 36.3. The van der Waals surface area contributed by atoms with E-state index in [1.165, 1.54) is 6.42 Å². The van der Waals surface area contributed by atoms with Crippen LogP contribution in [0.15, 0.2) is 18.5 Å². The van der Waals surface area contributed by atoms with Crippen molar-refractivity contribution in [1.29, 1.82) is 0 Å². The lowest BCUT2D eigenvalue weighted by molar-refractivity contribution is -0.107. The van der Waals surface area contributed by atoms with E-state index < -0.39 is 11.6 Å². The van der Waals surface area contributed by atoms with E-state index in [0.717, 1.165) is 32.1 Å². The zero-order valence-corrected chi connectivity index (χ0v) is 15.3. The number of nitrogens with zero attached hydrogens (tertiary/aromatic N) is 3. The van der Waals surface area contributed by atoms with Crippen LogP contribution in [0.4, 0.5) is 10.7 Å². The number of amides is 1. The quantitative estimate of drug-likeness (QED) is 0.873. The summed E-state index contributed by atoms with van der Waals surface area (Å²) in [7, 11) is 0. The Hall–Kier alpha value is -1.85. The monoisotopic (exact) mass is 344 g/mol. The highest BCUT2D eigenvalue weighted by Gasteiger charge is 2.62. The molecule has 4 bridgehead atoms. The summed E-state index contributed by atoms with van der Waals surface area (Å²) in [6.45, 7) is 6.04. The summed E-state index contributed by atoms with van der Waals surface area (Å²) < 4.78 is 0. The van der Waals surface area contributed by atoms with Gasteiger partial charge in [-0.05, 0) is 77.2 Å². The Balaban J connectivity index is 1.70. The molecule has 136 valence electrons. The Morgan fingerprint density at radius 3 is 2.32 bits per heavy atom. The van der Waals surface area contributed by atoms with Gasteiger partial charge < -0.3 is 10.4 Å². The number of hydrogen-bond donors (Lipinski definition) is 2. The van der Waals surface area contributed by atoms with Crippen molar-refractivity contribution in [2.24, 2.45) is 11.8 Å². The summed E-state index contributed by atoms with van der Waals surface area (Å²) in [5.74, 6) is 1.83. The van der Waals surface area contributed by atoms with Crippen LogP contribution in [0.1, 0.15) is 59.3 Å². The summed E-state index contributed by atoms with van der Waals surface area (Å²) in [6, 6.07) is 1.82. The molecule has 0 aromatic carbocycles. The van der Waals surface area contributed by atoms with Crippen LogP contribution in [-0.4, -0.2) is 42.7 Å². The fourth-order valence-electron chi connectivity index (χ4n) is 6.42. The molecule has 4 aliphatic carbocycles. The van der Waals surface area contributed by atoms with Crippen molar-refractivity contribution in [2.75, 3.05) is 5.32 Å². The summed E-state index contributed by atoms with van der Waals surface area (Å²) in [6.07, 6.45) is 8.99. The van der Waals surface area contributed by atoms with E-state index in [1.54, 1.807) is 17.3 Å². The number of carbonyl (C=O) groups is 1. The van der Waals surface area contributed by atoms with Gasteiger partial charge in [0.05, 0.1) is 0 Å². The van der Waals surface area contributed by atoms with Crippen LogP contribution in [0, 0.1) is 11.8 Å². The van der Waals surface area contributed by atoms with Crippen LogP contribution >= 0.6 is 0 Å². The molecule has 1 heterocycles. The number of rotatable bonds is 3. The van der Waals surface area contributed by atoms with Gasteiger partial charge in [0, 0.05) is 29.0 Å². The number of aromatic nitrogens is 2. The molecule has 4 saturated carbocycles. The Labute approximate surface area is 149 Å². The highest BCUT2D eigenvalue weighted by molar-refractivity contribution is 5.67. The molecule has 5 rings (SSSR count). The molecule has 2 atom stereocenters. The highest BCUT2D eigenvalue weighted by atomic mass is 16.4. The number of hydrogen-bond acceptors (Lipinski definition) is 4. The van der Waals surface area contributed by atoms with Crippen molar-refractivity contribution < 1.29 is 9.90 Å². The fourth-order valence-corrected chi connectivity index (χ4v) is 6.42. The topological polar surface area (TPSA) is 78.4 Å². The van der Waals surface area contributed by atoms with E-state index in [0.29, 0.717) is 17.8 Å². The van der Waals surface area contributed by atoms with Crippen LogP contribution in [-0.2, 0) is 0 Å². The minimum Gasteiger partial charge on any atom is -0.465 e. The van der Waals surface area contributed by atoms with Crippen molar-refractivity contribution >= 4 is 12.0 Å². The average molecular weight is 344 g/mol. The summed E-state index contributed by atoms with van der Waals surface area (Å²) in [5, 5.41) is 13.6. The summed E-state index contributed by atoms with van der Waals surface area (Å²) in [4.78, 5) is 22.7. The smallest absolute Gasteiger partial charge is 0.408 e. The van der Waals surface area contributed by atoms with Crippen LogP contribution in [0.5, 0.6) is 0 Å². The number of anilines is 1. The first kappa shape index (κ1) is 16.6. The van der Waals surface area contributed by atoms with E-state index in [-0.39, 0.29) is 11.1 Å². The first-order valence-electron chi connectivity index (χ1n) is 9.30. The second-order valence-electron chi connectivity index (χ2n) is 9.45. The molecule has 4 aliphatic rings. The van der Waals surface area contributed by atoms with E-state index in [9.17, 15) is 9.90 Å². The standard InChI is InChI=1S/C19H28N4O2/c1-17(2,3)23(16(24)25)19-10-13-7-14(11-19)9-18(8-13,12-19)22-15-20-5-4-6-21-15/h4-6,13-14H,7-12H2,1-3H3,(H,24,25)(H,20,21,22). The fraction of sp³-hybridized carbons (Fsp3) is 0.737. The third-order valence-electron chi connectivity index (χ3n) is 6.31. The van der Waals surface area contributed by atoms with Crippen molar-refractivity contribution in [3.8, 4) is 0 Å². The van der Waals surface area contributed by atoms with Crippen molar-refractivity contribution in [3.05, 3.63) is 18.5 Å². The third-order valence-corrected chi connectivity index (χ3v) is 6.31. The second kappa shape index (κ2) is 5.32. The van der Waals surface area contributed by atoms with E-state index in [1.807, 2.05) is 26.8 Å². The summed E-state index contributed by atoms with van der Waals surface area (Å²) >= 11 is 0. The second-order valence-corrected chi connectivity index (χ2v) is 9.45. The van der Waals surface area contributed by atoms with Crippen LogP contribution in [0.2, 0.25) is 0 Å². The molecule has 1 amide bonds. The molecule has 0 aliphatic heterocycles. The average Bonchev–Trinajstić information content (AvgIpc) is 2.43. The molecule has 6 heteroatoms. The van der Waals surface area contributed by atoms with Crippen LogP contribution in [0.3, 0.4) is 0 Å². The van der Waals surface area contributed by atoms with Gasteiger partial charge in [-0.15, -0.1) is 0 Å². The predicted octanol–water partition coefficient (Wildman–Crippen LogP) is 3.76. The maximum Gasteiger partial charge on any atom is 0.408 e. The molecule has 1 aromatic rings. The Kier molecular flexibility index (Phi) is 3.54. The number of carboxylic acid groups (broad SMARTS) is 1. The molecule has 0 radical (unpaired) electrons. The van der Waals surface area contributed by atoms with Gasteiger partial charge in [-0.2, -0.15) is 0 Å².